The molecular formula is C24H24ClN5O2S. The molecule has 0 aliphatic rings. The summed E-state index contributed by atoms with van der Waals surface area (Å²) in [6.07, 6.45) is 3.46. The second-order valence-electron chi connectivity index (χ2n) is 8.06. The van der Waals surface area contributed by atoms with Crippen LogP contribution in [0.1, 0.15) is 47.5 Å². The van der Waals surface area contributed by atoms with Gasteiger partial charge < -0.3 is 4.74 Å². The molecule has 33 heavy (non-hydrogen) atoms. The third-order valence-corrected chi connectivity index (χ3v) is 6.26. The number of ether oxygens (including phenoxy) is 1. The summed E-state index contributed by atoms with van der Waals surface area (Å²) in [6, 6.07) is 5.37. The highest BCUT2D eigenvalue weighted by molar-refractivity contribution is 7.09. The van der Waals surface area contributed by atoms with Gasteiger partial charge in [0, 0.05) is 35.5 Å². The summed E-state index contributed by atoms with van der Waals surface area (Å²) in [6.45, 7) is 10.0. The van der Waals surface area contributed by atoms with Crippen LogP contribution in [0.3, 0.4) is 0 Å². The highest BCUT2D eigenvalue weighted by Gasteiger charge is 2.16. The molecule has 0 unspecified atom stereocenters. The van der Waals surface area contributed by atoms with Gasteiger partial charge in [-0.1, -0.05) is 25.4 Å². The molecule has 9 heteroatoms. The van der Waals surface area contributed by atoms with Gasteiger partial charge in [0.2, 0.25) is 0 Å². The van der Waals surface area contributed by atoms with E-state index in [9.17, 15) is 4.79 Å². The number of nitrogens with zero attached hydrogens (tertiary/aromatic N) is 5. The van der Waals surface area contributed by atoms with Crippen LogP contribution in [0.4, 0.5) is 0 Å². The van der Waals surface area contributed by atoms with Crippen LogP contribution in [-0.4, -0.2) is 24.5 Å². The first-order valence-electron chi connectivity index (χ1n) is 10.5. The van der Waals surface area contributed by atoms with E-state index in [1.54, 1.807) is 40.4 Å². The van der Waals surface area contributed by atoms with E-state index in [-0.39, 0.29) is 23.1 Å². The molecule has 0 saturated carbocycles. The lowest BCUT2D eigenvalue weighted by Crippen LogP contribution is -2.22. The molecule has 4 heterocycles. The van der Waals surface area contributed by atoms with Crippen molar-refractivity contribution in [3.8, 4) is 22.8 Å². The predicted octanol–water partition coefficient (Wildman–Crippen LogP) is 5.43. The van der Waals surface area contributed by atoms with Gasteiger partial charge in [0.25, 0.3) is 5.56 Å². The molecule has 0 atom stereocenters. The van der Waals surface area contributed by atoms with Gasteiger partial charge in [0.1, 0.15) is 23.2 Å². The van der Waals surface area contributed by atoms with Crippen LogP contribution in [-0.2, 0) is 6.61 Å². The van der Waals surface area contributed by atoms with E-state index >= 15 is 0 Å². The van der Waals surface area contributed by atoms with E-state index in [2.05, 4.69) is 15.0 Å². The van der Waals surface area contributed by atoms with Crippen molar-refractivity contribution in [1.82, 2.24) is 24.5 Å². The van der Waals surface area contributed by atoms with E-state index < -0.39 is 0 Å². The molecule has 0 N–H and O–H groups in total. The van der Waals surface area contributed by atoms with Gasteiger partial charge in [-0.2, -0.15) is 0 Å². The molecule has 0 aliphatic heterocycles. The number of hydrogen-bond donors (Lipinski definition) is 0. The fraction of sp³-hybridized carbons (Fsp3) is 0.292. The average Bonchev–Trinajstić information content (AvgIpc) is 3.21. The maximum Gasteiger partial charge on any atom is 0.277 e. The van der Waals surface area contributed by atoms with Gasteiger partial charge >= 0.3 is 0 Å². The summed E-state index contributed by atoms with van der Waals surface area (Å²) in [5.74, 6) is 1.27. The number of pyridine rings is 2. The number of aryl methyl sites for hydroxylation is 3. The summed E-state index contributed by atoms with van der Waals surface area (Å²) < 4.78 is 7.35. The third-order valence-electron chi connectivity index (χ3n) is 5.09. The van der Waals surface area contributed by atoms with Gasteiger partial charge in [0.05, 0.1) is 27.8 Å². The molecule has 0 saturated heterocycles. The Hall–Kier alpha value is -3.10. The van der Waals surface area contributed by atoms with E-state index in [1.165, 1.54) is 0 Å². The molecule has 0 aliphatic carbocycles. The molecule has 0 amide bonds. The number of thiazole rings is 1. The van der Waals surface area contributed by atoms with Crippen LogP contribution in [0.25, 0.3) is 17.1 Å². The van der Waals surface area contributed by atoms with Crippen molar-refractivity contribution < 1.29 is 4.74 Å². The molecule has 0 fully saturated rings. The zero-order chi connectivity index (χ0) is 23.7. The van der Waals surface area contributed by atoms with Gasteiger partial charge in [-0.15, -0.1) is 11.3 Å². The Labute approximate surface area is 201 Å². The SMILES string of the molecule is Cc1nc(COc2cc(C)n(-c3ccnc(-c4nc(C(C)C)ncc4C)c3)c(=O)c2Cl)cs1. The van der Waals surface area contributed by atoms with Crippen molar-refractivity contribution >= 4 is 22.9 Å². The summed E-state index contributed by atoms with van der Waals surface area (Å²) in [5, 5.41) is 2.90. The first-order valence-corrected chi connectivity index (χ1v) is 11.8. The van der Waals surface area contributed by atoms with Crippen LogP contribution in [0.15, 0.2) is 40.8 Å². The van der Waals surface area contributed by atoms with Crippen LogP contribution < -0.4 is 10.3 Å². The molecule has 4 rings (SSSR count). The maximum atomic E-state index is 13.2. The van der Waals surface area contributed by atoms with Gasteiger partial charge in [-0.3, -0.25) is 14.3 Å². The van der Waals surface area contributed by atoms with Crippen LogP contribution >= 0.6 is 22.9 Å². The van der Waals surface area contributed by atoms with Crippen molar-refractivity contribution in [3.63, 3.8) is 0 Å². The molecule has 0 bridgehead atoms. The van der Waals surface area contributed by atoms with E-state index in [0.717, 1.165) is 27.8 Å². The minimum absolute atomic E-state index is 0.0197. The van der Waals surface area contributed by atoms with E-state index in [1.807, 2.05) is 46.1 Å². The molecular weight excluding hydrogens is 458 g/mol. The van der Waals surface area contributed by atoms with E-state index in [4.69, 9.17) is 21.3 Å². The lowest BCUT2D eigenvalue weighted by molar-refractivity contribution is 0.301. The Bertz CT molecular complexity index is 1380. The van der Waals surface area contributed by atoms with Crippen molar-refractivity contribution in [2.75, 3.05) is 0 Å². The number of hydrogen-bond acceptors (Lipinski definition) is 7. The second kappa shape index (κ2) is 9.41. The van der Waals surface area contributed by atoms with Gasteiger partial charge in [0.15, 0.2) is 0 Å². The highest BCUT2D eigenvalue weighted by Crippen LogP contribution is 2.27. The quantitative estimate of drug-likeness (QED) is 0.365. The Morgan fingerprint density at radius 3 is 2.64 bits per heavy atom. The van der Waals surface area contributed by atoms with Crippen LogP contribution in [0.5, 0.6) is 5.75 Å². The lowest BCUT2D eigenvalue weighted by Gasteiger charge is -2.15. The van der Waals surface area contributed by atoms with Crippen molar-refractivity contribution in [3.05, 3.63) is 79.1 Å². The maximum absolute atomic E-state index is 13.2. The summed E-state index contributed by atoms with van der Waals surface area (Å²) in [5.41, 5.74) is 4.09. The molecule has 170 valence electrons. The van der Waals surface area contributed by atoms with Crippen molar-refractivity contribution in [2.45, 2.75) is 47.1 Å². The highest BCUT2D eigenvalue weighted by atomic mass is 35.5. The van der Waals surface area contributed by atoms with Crippen molar-refractivity contribution in [1.29, 1.82) is 0 Å². The molecule has 0 radical (unpaired) electrons. The molecule has 7 nitrogen and oxygen atoms in total. The summed E-state index contributed by atoms with van der Waals surface area (Å²) >= 11 is 7.96. The topological polar surface area (TPSA) is 82.8 Å². The number of rotatable bonds is 6. The minimum Gasteiger partial charge on any atom is -0.485 e. The number of halogens is 1. The van der Waals surface area contributed by atoms with Crippen molar-refractivity contribution in [2.24, 2.45) is 0 Å². The fourth-order valence-electron chi connectivity index (χ4n) is 3.41. The summed E-state index contributed by atoms with van der Waals surface area (Å²) in [4.78, 5) is 31.1. The predicted molar refractivity (Wildman–Crippen MR) is 131 cm³/mol. The first-order chi connectivity index (χ1) is 15.7. The van der Waals surface area contributed by atoms with Crippen LogP contribution in [0, 0.1) is 20.8 Å². The minimum atomic E-state index is -0.361. The molecule has 4 aromatic rings. The normalized spacial score (nSPS) is 11.2. The first kappa shape index (κ1) is 23.1. The van der Waals surface area contributed by atoms with Gasteiger partial charge in [-0.05, 0) is 38.5 Å². The second-order valence-corrected chi connectivity index (χ2v) is 9.51. The molecule has 4 aromatic heterocycles. The smallest absolute Gasteiger partial charge is 0.277 e. The zero-order valence-electron chi connectivity index (χ0n) is 19.1. The third kappa shape index (κ3) is 4.82. The fourth-order valence-corrected chi connectivity index (χ4v) is 4.21. The Morgan fingerprint density at radius 2 is 1.94 bits per heavy atom. The summed E-state index contributed by atoms with van der Waals surface area (Å²) in [7, 11) is 0. The Balaban J connectivity index is 1.71. The Morgan fingerprint density at radius 1 is 1.15 bits per heavy atom. The van der Waals surface area contributed by atoms with Crippen LogP contribution in [0.2, 0.25) is 5.02 Å². The largest absolute Gasteiger partial charge is 0.485 e. The Kier molecular flexibility index (Phi) is 6.58. The number of aromatic nitrogens is 5. The molecule has 0 spiro atoms. The average molecular weight is 482 g/mol. The lowest BCUT2D eigenvalue weighted by atomic mass is 10.1. The van der Waals surface area contributed by atoms with Gasteiger partial charge in [-0.25, -0.2) is 15.0 Å². The zero-order valence-corrected chi connectivity index (χ0v) is 20.7. The van der Waals surface area contributed by atoms with E-state index in [0.29, 0.717) is 22.8 Å². The molecule has 0 aromatic carbocycles. The monoisotopic (exact) mass is 481 g/mol. The standard InChI is InChI=1S/C24H24ClN5O2S/c1-13(2)23-27-10-14(3)22(29-23)19-9-18(6-7-26-19)30-15(4)8-20(21(25)24(30)31)32-11-17-12-33-16(5)28-17/h6-10,12-13H,11H2,1-5H3.